The van der Waals surface area contributed by atoms with E-state index in [9.17, 15) is 22.8 Å². The largest absolute Gasteiger partial charge is 0.452 e. The number of hydrogen-bond acceptors (Lipinski definition) is 7. The van der Waals surface area contributed by atoms with Crippen molar-refractivity contribution in [2.75, 3.05) is 13.1 Å². The Morgan fingerprint density at radius 3 is 2.46 bits per heavy atom. The predicted molar refractivity (Wildman–Crippen MR) is 101 cm³/mol. The van der Waals surface area contributed by atoms with Gasteiger partial charge >= 0.3 is 12.0 Å². The van der Waals surface area contributed by atoms with Gasteiger partial charge in [-0.3, -0.25) is 14.9 Å². The Morgan fingerprint density at radius 2 is 1.89 bits per heavy atom. The standard InChI is InChI=1S/C17H23N3O6S2/c1-11(15(21)19-17(23)18-13-4-5-13)26-16(22)12-6-8-20(9-7-12)28(24,25)14-3-2-10-27-14/h2-3,10-13H,4-9H2,1H3,(H2,18,19,21,23). The molecule has 9 nitrogen and oxygen atoms in total. The molecule has 0 bridgehead atoms. The smallest absolute Gasteiger partial charge is 0.321 e. The third kappa shape index (κ3) is 5.09. The molecule has 11 heteroatoms. The zero-order chi connectivity index (χ0) is 20.3. The molecule has 28 heavy (non-hydrogen) atoms. The van der Waals surface area contributed by atoms with Gasteiger partial charge in [0.05, 0.1) is 5.92 Å². The molecule has 1 atom stereocenters. The molecule has 3 rings (SSSR count). The fourth-order valence-corrected chi connectivity index (χ4v) is 5.47. The Kier molecular flexibility index (Phi) is 6.36. The summed E-state index contributed by atoms with van der Waals surface area (Å²) in [5.41, 5.74) is 0. The van der Waals surface area contributed by atoms with E-state index >= 15 is 0 Å². The van der Waals surface area contributed by atoms with Crippen molar-refractivity contribution in [1.82, 2.24) is 14.9 Å². The molecule has 1 aliphatic heterocycles. The number of nitrogens with zero attached hydrogens (tertiary/aromatic N) is 1. The van der Waals surface area contributed by atoms with Crippen LogP contribution in [0, 0.1) is 5.92 Å². The van der Waals surface area contributed by atoms with Crippen LogP contribution in [0.15, 0.2) is 21.7 Å². The molecule has 0 aromatic carbocycles. The van der Waals surface area contributed by atoms with Crippen molar-refractivity contribution < 1.29 is 27.5 Å². The number of imide groups is 1. The van der Waals surface area contributed by atoms with Crippen molar-refractivity contribution in [3.8, 4) is 0 Å². The number of carbonyl (C=O) groups excluding carboxylic acids is 3. The minimum absolute atomic E-state index is 0.112. The van der Waals surface area contributed by atoms with Crippen LogP contribution >= 0.6 is 11.3 Å². The molecule has 1 aromatic heterocycles. The molecule has 2 N–H and O–H groups in total. The van der Waals surface area contributed by atoms with Crippen molar-refractivity contribution in [1.29, 1.82) is 0 Å². The summed E-state index contributed by atoms with van der Waals surface area (Å²) in [6.45, 7) is 1.82. The number of esters is 1. The Labute approximate surface area is 167 Å². The minimum Gasteiger partial charge on any atom is -0.452 e. The summed E-state index contributed by atoms with van der Waals surface area (Å²) >= 11 is 1.16. The Bertz CT molecular complexity index is 827. The van der Waals surface area contributed by atoms with Crippen molar-refractivity contribution in [2.24, 2.45) is 5.92 Å². The Hall–Kier alpha value is -1.98. The van der Waals surface area contributed by atoms with E-state index in [4.69, 9.17) is 4.74 Å². The van der Waals surface area contributed by atoms with Gasteiger partial charge in [0.25, 0.3) is 15.9 Å². The summed E-state index contributed by atoms with van der Waals surface area (Å²) in [6, 6.07) is 2.75. The van der Waals surface area contributed by atoms with Gasteiger partial charge in [-0.2, -0.15) is 4.31 Å². The summed E-state index contributed by atoms with van der Waals surface area (Å²) in [7, 11) is -3.53. The number of amides is 3. The molecule has 2 fully saturated rings. The van der Waals surface area contributed by atoms with Gasteiger partial charge in [0.1, 0.15) is 4.21 Å². The van der Waals surface area contributed by atoms with Gasteiger partial charge in [0.2, 0.25) is 0 Å². The number of sulfonamides is 1. The van der Waals surface area contributed by atoms with E-state index in [0.717, 1.165) is 24.2 Å². The number of ether oxygens (including phenoxy) is 1. The van der Waals surface area contributed by atoms with Crippen LogP contribution < -0.4 is 10.6 Å². The lowest BCUT2D eigenvalue weighted by molar-refractivity contribution is -0.159. The second kappa shape index (κ2) is 8.58. The van der Waals surface area contributed by atoms with Gasteiger partial charge in [-0.1, -0.05) is 6.07 Å². The van der Waals surface area contributed by atoms with Gasteiger partial charge in [0.15, 0.2) is 6.10 Å². The molecule has 2 heterocycles. The molecule has 154 valence electrons. The Balaban J connectivity index is 1.45. The monoisotopic (exact) mass is 429 g/mol. The fourth-order valence-electron chi connectivity index (χ4n) is 2.86. The molecule has 0 spiro atoms. The maximum absolute atomic E-state index is 12.5. The summed E-state index contributed by atoms with van der Waals surface area (Å²) in [5, 5.41) is 6.47. The lowest BCUT2D eigenvalue weighted by atomic mass is 9.98. The quantitative estimate of drug-likeness (QED) is 0.653. The molecule has 1 unspecified atom stereocenters. The van der Waals surface area contributed by atoms with E-state index < -0.39 is 40.0 Å². The number of urea groups is 1. The van der Waals surface area contributed by atoms with E-state index in [1.54, 1.807) is 17.5 Å². The van der Waals surface area contributed by atoms with Crippen molar-refractivity contribution >= 4 is 39.3 Å². The van der Waals surface area contributed by atoms with Crippen LogP contribution in [0.4, 0.5) is 4.79 Å². The molecule has 1 aromatic rings. The van der Waals surface area contributed by atoms with E-state index in [1.165, 1.54) is 11.2 Å². The number of rotatable bonds is 6. The van der Waals surface area contributed by atoms with Gasteiger partial charge in [0, 0.05) is 19.1 Å². The van der Waals surface area contributed by atoms with Crippen LogP contribution in [-0.4, -0.2) is 55.9 Å². The van der Waals surface area contributed by atoms with Crippen molar-refractivity contribution in [3.63, 3.8) is 0 Å². The molecular formula is C17H23N3O6S2. The predicted octanol–water partition coefficient (Wildman–Crippen LogP) is 1.07. The van der Waals surface area contributed by atoms with Gasteiger partial charge < -0.3 is 10.1 Å². The zero-order valence-corrected chi connectivity index (χ0v) is 17.1. The normalized spacial score (nSPS) is 19.6. The third-order valence-electron chi connectivity index (χ3n) is 4.69. The maximum atomic E-state index is 12.5. The van der Waals surface area contributed by atoms with Gasteiger partial charge in [-0.25, -0.2) is 13.2 Å². The highest BCUT2D eigenvalue weighted by molar-refractivity contribution is 7.91. The molecule has 1 aliphatic carbocycles. The summed E-state index contributed by atoms with van der Waals surface area (Å²) in [4.78, 5) is 35.8. The summed E-state index contributed by atoms with van der Waals surface area (Å²) < 4.78 is 31.8. The number of hydrogen-bond donors (Lipinski definition) is 2. The maximum Gasteiger partial charge on any atom is 0.321 e. The zero-order valence-electron chi connectivity index (χ0n) is 15.4. The topological polar surface area (TPSA) is 122 Å². The van der Waals surface area contributed by atoms with Crippen LogP contribution in [0.25, 0.3) is 0 Å². The first-order valence-electron chi connectivity index (χ1n) is 9.13. The highest BCUT2D eigenvalue weighted by Gasteiger charge is 2.34. The number of thiophene rings is 1. The number of nitrogens with one attached hydrogen (secondary N) is 2. The average molecular weight is 430 g/mol. The lowest BCUT2D eigenvalue weighted by Crippen LogP contribution is -2.46. The first-order valence-corrected chi connectivity index (χ1v) is 11.4. The van der Waals surface area contributed by atoms with Crippen LogP contribution in [0.1, 0.15) is 32.6 Å². The molecule has 2 aliphatic rings. The SMILES string of the molecule is CC(OC(=O)C1CCN(S(=O)(=O)c2cccs2)CC1)C(=O)NC(=O)NC1CC1. The summed E-state index contributed by atoms with van der Waals surface area (Å²) in [5.74, 6) is -1.73. The molecule has 3 amide bonds. The van der Waals surface area contributed by atoms with E-state index in [2.05, 4.69) is 10.6 Å². The van der Waals surface area contributed by atoms with Crippen molar-refractivity contribution in [3.05, 3.63) is 17.5 Å². The summed E-state index contributed by atoms with van der Waals surface area (Å²) in [6.07, 6.45) is 1.32. The second-order valence-corrected chi connectivity index (χ2v) is 10.0. The van der Waals surface area contributed by atoms with Gasteiger partial charge in [-0.15, -0.1) is 11.3 Å². The number of piperidine rings is 1. The molecule has 1 saturated carbocycles. The fraction of sp³-hybridized carbons (Fsp3) is 0.588. The first-order chi connectivity index (χ1) is 13.3. The first kappa shape index (κ1) is 20.7. The number of carbonyl (C=O) groups is 3. The average Bonchev–Trinajstić information content (AvgIpc) is 3.28. The Morgan fingerprint density at radius 1 is 1.21 bits per heavy atom. The second-order valence-electron chi connectivity index (χ2n) is 6.93. The van der Waals surface area contributed by atoms with Crippen LogP contribution in [0.5, 0.6) is 0 Å². The molecular weight excluding hydrogens is 406 g/mol. The third-order valence-corrected chi connectivity index (χ3v) is 7.96. The van der Waals surface area contributed by atoms with Crippen LogP contribution in [0.2, 0.25) is 0 Å². The van der Waals surface area contributed by atoms with E-state index in [1.807, 2.05) is 0 Å². The lowest BCUT2D eigenvalue weighted by Gasteiger charge is -2.30. The molecule has 1 saturated heterocycles. The highest BCUT2D eigenvalue weighted by Crippen LogP contribution is 2.27. The van der Waals surface area contributed by atoms with Crippen molar-refractivity contribution in [2.45, 2.75) is 49.0 Å². The van der Waals surface area contributed by atoms with E-state index in [0.29, 0.717) is 12.8 Å². The van der Waals surface area contributed by atoms with Crippen LogP contribution in [0.3, 0.4) is 0 Å². The van der Waals surface area contributed by atoms with E-state index in [-0.39, 0.29) is 23.3 Å². The van der Waals surface area contributed by atoms with Crippen LogP contribution in [-0.2, 0) is 24.3 Å². The molecule has 0 radical (unpaired) electrons. The highest BCUT2D eigenvalue weighted by atomic mass is 32.2. The van der Waals surface area contributed by atoms with Gasteiger partial charge in [-0.05, 0) is 44.1 Å². The minimum atomic E-state index is -3.53.